The number of carbonyl (C=O) groups excluding carboxylic acids is 3. The third-order valence-corrected chi connectivity index (χ3v) is 8.61. The highest BCUT2D eigenvalue weighted by Gasteiger charge is 2.20. The topological polar surface area (TPSA) is 141 Å². The zero-order chi connectivity index (χ0) is 39.0. The molecule has 0 N–H and O–H groups in total. The van der Waals surface area contributed by atoms with Crippen LogP contribution in [0.1, 0.15) is 101 Å². The third-order valence-electron chi connectivity index (χ3n) is 8.61. The van der Waals surface area contributed by atoms with Crippen molar-refractivity contribution in [3.8, 4) is 28.4 Å². The lowest BCUT2D eigenvalue weighted by Crippen LogP contribution is -2.13. The molecule has 0 aromatic heterocycles. The molecule has 0 aliphatic rings. The molecule has 0 aliphatic heterocycles. The average Bonchev–Trinajstić information content (AvgIpc) is 3.18. The Hall–Kier alpha value is -5.45. The Labute approximate surface area is 318 Å². The summed E-state index contributed by atoms with van der Waals surface area (Å²) in [6.45, 7) is 10.0. The molecule has 0 radical (unpaired) electrons. The van der Waals surface area contributed by atoms with Gasteiger partial charge >= 0.3 is 23.6 Å². The molecule has 3 aromatic rings. The van der Waals surface area contributed by atoms with E-state index in [9.17, 15) is 24.5 Å². The number of carbonyl (C=O) groups is 3. The van der Waals surface area contributed by atoms with Gasteiger partial charge in [0.05, 0.1) is 42.5 Å². The van der Waals surface area contributed by atoms with Crippen molar-refractivity contribution in [1.29, 1.82) is 0 Å². The van der Waals surface area contributed by atoms with Crippen LogP contribution in [0, 0.1) is 10.1 Å². The van der Waals surface area contributed by atoms with Crippen LogP contribution in [0.4, 0.5) is 5.69 Å². The highest BCUT2D eigenvalue weighted by molar-refractivity contribution is 5.91. The minimum Gasteiger partial charge on any atom is -0.494 e. The molecule has 0 spiro atoms. The number of ether oxygens (including phenoxy) is 5. The van der Waals surface area contributed by atoms with Crippen LogP contribution < -0.4 is 14.2 Å². The van der Waals surface area contributed by atoms with E-state index in [4.69, 9.17) is 23.7 Å². The Balaban J connectivity index is 1.36. The molecule has 11 nitrogen and oxygen atoms in total. The zero-order valence-electron chi connectivity index (χ0n) is 31.3. The second kappa shape index (κ2) is 24.7. The van der Waals surface area contributed by atoms with Gasteiger partial charge in [-0.25, -0.2) is 14.4 Å². The van der Waals surface area contributed by atoms with Gasteiger partial charge in [-0.15, -0.1) is 0 Å². The van der Waals surface area contributed by atoms with Gasteiger partial charge in [-0.3, -0.25) is 10.1 Å². The normalized spacial score (nSPS) is 11.2. The highest BCUT2D eigenvalue weighted by atomic mass is 16.6. The first-order chi connectivity index (χ1) is 26.2. The number of esters is 3. The van der Waals surface area contributed by atoms with Gasteiger partial charge < -0.3 is 23.7 Å². The SMILES string of the molecule is C=CC(=O)OCCCCCCCCCCCOc1ccc(-c2ccc(C(=O)Oc3ccc(O[C@@H](C)CCCCCOC(=O)C=C)c([N+](=O)[O-])c3)cc2)cc1. The molecule has 0 aliphatic carbocycles. The van der Waals surface area contributed by atoms with Gasteiger partial charge in [0.2, 0.25) is 0 Å². The quantitative estimate of drug-likeness (QED) is 0.0185. The van der Waals surface area contributed by atoms with E-state index in [1.165, 1.54) is 50.0 Å². The third kappa shape index (κ3) is 16.5. The van der Waals surface area contributed by atoms with E-state index >= 15 is 0 Å². The zero-order valence-corrected chi connectivity index (χ0v) is 31.3. The van der Waals surface area contributed by atoms with Crippen molar-refractivity contribution in [1.82, 2.24) is 0 Å². The maximum Gasteiger partial charge on any atom is 0.343 e. The highest BCUT2D eigenvalue weighted by Crippen LogP contribution is 2.33. The number of hydrogen-bond donors (Lipinski definition) is 0. The van der Waals surface area contributed by atoms with Crippen LogP contribution in [-0.2, 0) is 19.1 Å². The van der Waals surface area contributed by atoms with E-state index < -0.39 is 16.9 Å². The van der Waals surface area contributed by atoms with E-state index in [1.54, 1.807) is 12.1 Å². The van der Waals surface area contributed by atoms with Gasteiger partial charge in [0, 0.05) is 12.2 Å². The summed E-state index contributed by atoms with van der Waals surface area (Å²) in [5, 5.41) is 11.8. The fourth-order valence-corrected chi connectivity index (χ4v) is 5.59. The summed E-state index contributed by atoms with van der Waals surface area (Å²) >= 11 is 0. The first kappa shape index (κ1) is 43.0. The predicted octanol–water partition coefficient (Wildman–Crippen LogP) is 10.2. The number of hydrogen-bond acceptors (Lipinski definition) is 10. The predicted molar refractivity (Wildman–Crippen MR) is 208 cm³/mol. The standard InChI is InChI=1S/C43H53NO10/c1-4-41(45)51-30-16-12-10-8-6-7-9-11-15-29-50-37-25-23-35(24-26-37)34-19-21-36(22-20-34)43(47)54-38-27-28-40(39(32-38)44(48)49)53-33(3)18-14-13-17-31-52-42(46)5-2/h4-5,19-28,32-33H,1-2,6-18,29-31H2,3H3/t33-/m0/s1. The van der Waals surface area contributed by atoms with Crippen molar-refractivity contribution in [2.75, 3.05) is 19.8 Å². The van der Waals surface area contributed by atoms with Crippen LogP contribution in [0.3, 0.4) is 0 Å². The second-order valence-electron chi connectivity index (χ2n) is 12.9. The van der Waals surface area contributed by atoms with Gasteiger partial charge in [-0.1, -0.05) is 82.4 Å². The lowest BCUT2D eigenvalue weighted by molar-refractivity contribution is -0.386. The Morgan fingerprint density at radius 1 is 0.667 bits per heavy atom. The Morgan fingerprint density at radius 2 is 1.15 bits per heavy atom. The van der Waals surface area contributed by atoms with Crippen molar-refractivity contribution in [2.45, 2.75) is 96.5 Å². The smallest absolute Gasteiger partial charge is 0.343 e. The summed E-state index contributed by atoms with van der Waals surface area (Å²) in [6, 6.07) is 18.9. The minimum atomic E-state index is -0.638. The molecule has 0 amide bonds. The van der Waals surface area contributed by atoms with E-state index in [0.717, 1.165) is 67.9 Å². The van der Waals surface area contributed by atoms with Crippen molar-refractivity contribution in [3.05, 3.63) is 108 Å². The first-order valence-corrected chi connectivity index (χ1v) is 18.8. The Morgan fingerprint density at radius 3 is 1.69 bits per heavy atom. The van der Waals surface area contributed by atoms with Crippen molar-refractivity contribution < 1.29 is 43.0 Å². The summed E-state index contributed by atoms with van der Waals surface area (Å²) in [5.74, 6) is -0.516. The minimum absolute atomic E-state index is 0.0365. The van der Waals surface area contributed by atoms with Gasteiger partial charge in [-0.2, -0.15) is 0 Å². The average molecular weight is 744 g/mol. The fourth-order valence-electron chi connectivity index (χ4n) is 5.59. The molecule has 0 bridgehead atoms. The van der Waals surface area contributed by atoms with Gasteiger partial charge in [0.1, 0.15) is 11.5 Å². The molecule has 1 atom stereocenters. The monoisotopic (exact) mass is 743 g/mol. The molecular weight excluding hydrogens is 690 g/mol. The van der Waals surface area contributed by atoms with E-state index in [2.05, 4.69) is 13.2 Å². The summed E-state index contributed by atoms with van der Waals surface area (Å²) in [4.78, 5) is 46.2. The lowest BCUT2D eigenvalue weighted by Gasteiger charge is -2.15. The van der Waals surface area contributed by atoms with Gasteiger partial charge in [-0.05, 0) is 93.0 Å². The summed E-state index contributed by atoms with van der Waals surface area (Å²) in [6.07, 6.45) is 15.0. The van der Waals surface area contributed by atoms with Crippen LogP contribution >= 0.6 is 0 Å². The molecule has 0 saturated carbocycles. The number of nitro benzene ring substituents is 1. The lowest BCUT2D eigenvalue weighted by atomic mass is 10.0. The van der Waals surface area contributed by atoms with Crippen molar-refractivity contribution in [3.63, 3.8) is 0 Å². The molecule has 54 heavy (non-hydrogen) atoms. The molecule has 3 rings (SSSR count). The second-order valence-corrected chi connectivity index (χ2v) is 12.9. The summed E-state index contributed by atoms with van der Waals surface area (Å²) in [7, 11) is 0. The molecule has 0 fully saturated rings. The number of nitrogens with zero attached hydrogens (tertiary/aromatic N) is 1. The summed E-state index contributed by atoms with van der Waals surface area (Å²) < 4.78 is 27.2. The summed E-state index contributed by atoms with van der Waals surface area (Å²) in [5.41, 5.74) is 1.89. The van der Waals surface area contributed by atoms with Crippen molar-refractivity contribution in [2.24, 2.45) is 0 Å². The van der Waals surface area contributed by atoms with Gasteiger partial charge in [0.25, 0.3) is 0 Å². The molecule has 290 valence electrons. The number of unbranched alkanes of at least 4 members (excludes halogenated alkanes) is 10. The van der Waals surface area contributed by atoms with Crippen molar-refractivity contribution >= 4 is 23.6 Å². The van der Waals surface area contributed by atoms with E-state index in [0.29, 0.717) is 38.2 Å². The number of benzene rings is 3. The van der Waals surface area contributed by atoms with E-state index in [-0.39, 0.29) is 29.3 Å². The van der Waals surface area contributed by atoms with Crippen LogP contribution in [0.5, 0.6) is 17.2 Å². The molecule has 0 saturated heterocycles. The van der Waals surface area contributed by atoms with Gasteiger partial charge in [0.15, 0.2) is 5.75 Å². The van der Waals surface area contributed by atoms with Crippen LogP contribution in [0.25, 0.3) is 11.1 Å². The molecular formula is C43H53NO10. The van der Waals surface area contributed by atoms with Crippen LogP contribution in [0.15, 0.2) is 92.0 Å². The molecule has 11 heteroatoms. The maximum atomic E-state index is 12.9. The van der Waals surface area contributed by atoms with E-state index in [1.807, 2.05) is 43.3 Å². The Bertz CT molecular complexity index is 1630. The molecule has 0 unspecified atom stereocenters. The van der Waals surface area contributed by atoms with Crippen LogP contribution in [0.2, 0.25) is 0 Å². The Kier molecular flexibility index (Phi) is 19.7. The maximum absolute atomic E-state index is 12.9. The fraction of sp³-hybridized carbons (Fsp3) is 0.419. The first-order valence-electron chi connectivity index (χ1n) is 18.8. The largest absolute Gasteiger partial charge is 0.494 e. The molecule has 3 aromatic carbocycles. The number of rotatable bonds is 27. The van der Waals surface area contributed by atoms with Crippen LogP contribution in [-0.4, -0.2) is 48.8 Å². The molecule has 0 heterocycles. The number of nitro groups is 1.